The molecule has 7 nitrogen and oxygen atoms in total. The van der Waals surface area contributed by atoms with Gasteiger partial charge in [0.05, 0.1) is 29.6 Å². The second-order valence-electron chi connectivity index (χ2n) is 10.2. The fraction of sp³-hybridized carbons (Fsp3) is 0.286. The first-order chi connectivity index (χ1) is 17.4. The molecule has 192 valence electrons. The predicted octanol–water partition coefficient (Wildman–Crippen LogP) is 5.26. The Hall–Kier alpha value is -3.43. The SMILES string of the molecule is CC1=CC(C)(C)N(C)c2ccc(C3C(c4ccccn4)NC(=S)N3c3ccc(NS(C)(=O)=O)cc3)cc21. The van der Waals surface area contributed by atoms with Crippen LogP contribution in [0.15, 0.2) is 72.9 Å². The molecule has 0 bridgehead atoms. The number of benzene rings is 2. The number of anilines is 3. The minimum Gasteiger partial charge on any atom is -0.366 e. The highest BCUT2D eigenvalue weighted by Gasteiger charge is 2.41. The summed E-state index contributed by atoms with van der Waals surface area (Å²) in [5.74, 6) is 0. The van der Waals surface area contributed by atoms with Crippen LogP contribution < -0.4 is 19.8 Å². The lowest BCUT2D eigenvalue weighted by Gasteiger charge is -2.41. The topological polar surface area (TPSA) is 77.6 Å². The van der Waals surface area contributed by atoms with Gasteiger partial charge in [-0.1, -0.05) is 18.2 Å². The molecule has 0 saturated carbocycles. The summed E-state index contributed by atoms with van der Waals surface area (Å²) in [7, 11) is -1.24. The molecule has 3 heterocycles. The summed E-state index contributed by atoms with van der Waals surface area (Å²) in [5.41, 5.74) is 6.94. The second kappa shape index (κ2) is 9.15. The zero-order valence-electron chi connectivity index (χ0n) is 21.6. The molecular weight excluding hydrogens is 502 g/mol. The first kappa shape index (κ1) is 25.2. The minimum atomic E-state index is -3.36. The monoisotopic (exact) mass is 533 g/mol. The zero-order valence-corrected chi connectivity index (χ0v) is 23.2. The van der Waals surface area contributed by atoms with Crippen LogP contribution in [0.5, 0.6) is 0 Å². The summed E-state index contributed by atoms with van der Waals surface area (Å²) in [6, 6.07) is 19.5. The van der Waals surface area contributed by atoms with E-state index in [1.807, 2.05) is 30.3 Å². The normalized spacial score (nSPS) is 20.8. The average Bonchev–Trinajstić information content (AvgIpc) is 3.19. The Balaban J connectivity index is 1.61. The first-order valence-corrected chi connectivity index (χ1v) is 14.4. The summed E-state index contributed by atoms with van der Waals surface area (Å²) in [6.45, 7) is 6.60. The number of sulfonamides is 1. The van der Waals surface area contributed by atoms with E-state index in [-0.39, 0.29) is 17.6 Å². The second-order valence-corrected chi connectivity index (χ2v) is 12.4. The maximum absolute atomic E-state index is 11.7. The maximum atomic E-state index is 11.7. The number of rotatable bonds is 5. The fourth-order valence-corrected chi connectivity index (χ4v) is 6.15. The van der Waals surface area contributed by atoms with Crippen molar-refractivity contribution in [2.75, 3.05) is 27.8 Å². The van der Waals surface area contributed by atoms with Crippen molar-refractivity contribution < 1.29 is 8.42 Å². The van der Waals surface area contributed by atoms with E-state index in [0.29, 0.717) is 10.8 Å². The van der Waals surface area contributed by atoms with Crippen LogP contribution in [0.3, 0.4) is 0 Å². The van der Waals surface area contributed by atoms with Crippen LogP contribution in [0, 0.1) is 0 Å². The highest BCUT2D eigenvalue weighted by molar-refractivity contribution is 7.92. The molecule has 37 heavy (non-hydrogen) atoms. The van der Waals surface area contributed by atoms with Gasteiger partial charge in [-0.2, -0.15) is 0 Å². The number of hydrogen-bond donors (Lipinski definition) is 2. The molecule has 2 atom stereocenters. The van der Waals surface area contributed by atoms with E-state index >= 15 is 0 Å². The molecule has 2 aliphatic heterocycles. The van der Waals surface area contributed by atoms with Gasteiger partial charge in [0.1, 0.15) is 0 Å². The van der Waals surface area contributed by atoms with Crippen molar-refractivity contribution in [1.82, 2.24) is 10.3 Å². The van der Waals surface area contributed by atoms with Crippen LogP contribution in [0.2, 0.25) is 0 Å². The van der Waals surface area contributed by atoms with Gasteiger partial charge >= 0.3 is 0 Å². The van der Waals surface area contributed by atoms with Gasteiger partial charge in [0.2, 0.25) is 10.0 Å². The molecule has 3 aromatic rings. The highest BCUT2D eigenvalue weighted by Crippen LogP contribution is 2.45. The van der Waals surface area contributed by atoms with Gasteiger partial charge < -0.3 is 15.1 Å². The van der Waals surface area contributed by atoms with Gasteiger partial charge in [-0.25, -0.2) is 8.42 Å². The summed E-state index contributed by atoms with van der Waals surface area (Å²) < 4.78 is 25.9. The number of pyridine rings is 1. The molecule has 2 aromatic carbocycles. The minimum absolute atomic E-state index is 0.0701. The maximum Gasteiger partial charge on any atom is 0.229 e. The Morgan fingerprint density at radius 2 is 1.81 bits per heavy atom. The van der Waals surface area contributed by atoms with Crippen molar-refractivity contribution in [3.63, 3.8) is 0 Å². The van der Waals surface area contributed by atoms with Crippen molar-refractivity contribution in [3.05, 3.63) is 89.8 Å². The molecule has 2 aliphatic rings. The van der Waals surface area contributed by atoms with E-state index in [1.165, 1.54) is 16.8 Å². The summed E-state index contributed by atoms with van der Waals surface area (Å²) in [5, 5.41) is 4.08. The number of hydrogen-bond acceptors (Lipinski definition) is 5. The van der Waals surface area contributed by atoms with E-state index < -0.39 is 10.0 Å². The molecular formula is C28H31N5O2S2. The van der Waals surface area contributed by atoms with Crippen molar-refractivity contribution >= 4 is 50.0 Å². The third-order valence-electron chi connectivity index (χ3n) is 7.13. The lowest BCUT2D eigenvalue weighted by atomic mass is 9.86. The predicted molar refractivity (Wildman–Crippen MR) is 155 cm³/mol. The number of thiocarbonyl (C=S) groups is 1. The molecule has 1 fully saturated rings. The largest absolute Gasteiger partial charge is 0.366 e. The molecule has 0 spiro atoms. The number of likely N-dealkylation sites (N-methyl/N-ethyl adjacent to an activating group) is 1. The van der Waals surface area contributed by atoms with Crippen molar-refractivity contribution in [3.8, 4) is 0 Å². The Labute approximate surface area is 224 Å². The number of nitrogens with one attached hydrogen (secondary N) is 2. The van der Waals surface area contributed by atoms with E-state index in [2.05, 4.69) is 76.9 Å². The number of fused-ring (bicyclic) bond motifs is 1. The quantitative estimate of drug-likeness (QED) is 0.433. The summed E-state index contributed by atoms with van der Waals surface area (Å²) in [6.07, 6.45) is 5.24. The molecule has 0 amide bonds. The van der Waals surface area contributed by atoms with E-state index in [9.17, 15) is 8.42 Å². The zero-order chi connectivity index (χ0) is 26.5. The Kier molecular flexibility index (Phi) is 6.24. The number of nitrogens with zero attached hydrogens (tertiary/aromatic N) is 3. The molecule has 5 rings (SSSR count). The van der Waals surface area contributed by atoms with Gasteiger partial charge in [0, 0.05) is 35.9 Å². The summed E-state index contributed by atoms with van der Waals surface area (Å²) >= 11 is 5.85. The van der Waals surface area contributed by atoms with Crippen LogP contribution in [0.25, 0.3) is 5.57 Å². The molecule has 9 heteroatoms. The standard InChI is InChI=1S/C28H31N5O2S2/c1-18-17-28(2,3)32(4)24-14-9-19(16-22(18)24)26-25(23-8-6-7-15-29-23)30-27(36)33(26)21-12-10-20(11-13-21)31-37(5,34)35/h6-17,25-26,31H,1-5H3,(H,30,36). The molecule has 1 aromatic heterocycles. The smallest absolute Gasteiger partial charge is 0.229 e. The van der Waals surface area contributed by atoms with Gasteiger partial charge in [0.15, 0.2) is 5.11 Å². The van der Waals surface area contributed by atoms with E-state index in [4.69, 9.17) is 12.2 Å². The van der Waals surface area contributed by atoms with Gasteiger partial charge in [-0.05, 0) is 92.7 Å². The molecule has 2 N–H and O–H groups in total. The average molecular weight is 534 g/mol. The Morgan fingerprint density at radius 3 is 2.46 bits per heavy atom. The molecule has 0 aliphatic carbocycles. The van der Waals surface area contributed by atoms with E-state index in [1.54, 1.807) is 18.3 Å². The van der Waals surface area contributed by atoms with Crippen LogP contribution in [-0.2, 0) is 10.0 Å². The number of aromatic nitrogens is 1. The molecule has 0 radical (unpaired) electrons. The van der Waals surface area contributed by atoms with Crippen LogP contribution in [-0.4, -0.2) is 37.4 Å². The van der Waals surface area contributed by atoms with Crippen molar-refractivity contribution in [1.29, 1.82) is 0 Å². The van der Waals surface area contributed by atoms with Crippen LogP contribution in [0.4, 0.5) is 17.1 Å². The van der Waals surface area contributed by atoms with E-state index in [0.717, 1.165) is 23.2 Å². The highest BCUT2D eigenvalue weighted by atomic mass is 32.2. The van der Waals surface area contributed by atoms with Crippen molar-refractivity contribution in [2.24, 2.45) is 0 Å². The lowest BCUT2D eigenvalue weighted by molar-refractivity contribution is 0.566. The van der Waals surface area contributed by atoms with Crippen molar-refractivity contribution in [2.45, 2.75) is 38.4 Å². The Bertz CT molecular complexity index is 1480. The van der Waals surface area contributed by atoms with Crippen LogP contribution in [0.1, 0.15) is 49.7 Å². The lowest BCUT2D eigenvalue weighted by Crippen LogP contribution is -2.42. The third kappa shape index (κ3) is 4.81. The third-order valence-corrected chi connectivity index (χ3v) is 8.05. The number of allylic oxidation sites excluding steroid dienone is 1. The first-order valence-electron chi connectivity index (χ1n) is 12.1. The van der Waals surface area contributed by atoms with Crippen LogP contribution >= 0.6 is 12.2 Å². The van der Waals surface area contributed by atoms with Gasteiger partial charge in [-0.15, -0.1) is 0 Å². The van der Waals surface area contributed by atoms with Gasteiger partial charge in [-0.3, -0.25) is 9.71 Å². The van der Waals surface area contributed by atoms with Gasteiger partial charge in [0.25, 0.3) is 0 Å². The Morgan fingerprint density at radius 1 is 1.08 bits per heavy atom. The molecule has 2 unspecified atom stereocenters. The molecule has 1 saturated heterocycles. The summed E-state index contributed by atoms with van der Waals surface area (Å²) in [4.78, 5) is 9.04. The fourth-order valence-electron chi connectivity index (χ4n) is 5.24.